The van der Waals surface area contributed by atoms with Crippen LogP contribution in [0.15, 0.2) is 17.1 Å². The number of amides is 1. The highest BCUT2D eigenvalue weighted by molar-refractivity contribution is 7.67. The van der Waals surface area contributed by atoms with Crippen molar-refractivity contribution < 1.29 is 52.3 Å². The second-order valence-electron chi connectivity index (χ2n) is 13.6. The first-order valence-corrected chi connectivity index (χ1v) is 20.6. The van der Waals surface area contributed by atoms with Gasteiger partial charge in [0.25, 0.3) is 0 Å². The summed E-state index contributed by atoms with van der Waals surface area (Å²) in [4.78, 5) is 82.7. The van der Waals surface area contributed by atoms with Crippen molar-refractivity contribution in [2.45, 2.75) is 102 Å². The first-order valence-electron chi connectivity index (χ1n) is 17.6. The van der Waals surface area contributed by atoms with Gasteiger partial charge >= 0.3 is 19.7 Å². The van der Waals surface area contributed by atoms with Crippen LogP contribution in [0.25, 0.3) is 10.9 Å². The molecule has 0 bridgehead atoms. The van der Waals surface area contributed by atoms with Gasteiger partial charge in [0.05, 0.1) is 18.0 Å². The van der Waals surface area contributed by atoms with Crippen molar-refractivity contribution in [3.63, 3.8) is 0 Å². The standard InChI is InChI=1S/C33H49FN4O11P2/c1-4-36(17-21-10-9-15-35-20(21)2)28-26(34)16-24-27(30(28)47-3)37(22-13-14-22)18-25(29(24)39)31(40)48-19-49-32(41)38(23-11-7-5-6-8-12-23)33(50(42)43)51(44,45)46/h16,18,20-23,33,35,42-43H,4-15,17,19H2,1-3H3,(H2,44,45,46). The van der Waals surface area contributed by atoms with E-state index in [-0.39, 0.29) is 34.8 Å². The Morgan fingerprint density at radius 1 is 1.10 bits per heavy atom. The van der Waals surface area contributed by atoms with Crippen LogP contribution in [0.4, 0.5) is 14.9 Å². The zero-order valence-electron chi connectivity index (χ0n) is 29.2. The lowest BCUT2D eigenvalue weighted by molar-refractivity contribution is -0.0167. The van der Waals surface area contributed by atoms with E-state index in [9.17, 15) is 38.5 Å². The summed E-state index contributed by atoms with van der Waals surface area (Å²) >= 11 is 0. The van der Waals surface area contributed by atoms with Gasteiger partial charge in [0.1, 0.15) is 11.3 Å². The Balaban J connectivity index is 1.42. The average molecular weight is 759 g/mol. The minimum absolute atomic E-state index is 0.0847. The number of carbonyl (C=O) groups is 2. The van der Waals surface area contributed by atoms with Crippen molar-refractivity contribution in [3.8, 4) is 5.75 Å². The van der Waals surface area contributed by atoms with Crippen LogP contribution in [0, 0.1) is 11.7 Å². The predicted molar refractivity (Wildman–Crippen MR) is 188 cm³/mol. The van der Waals surface area contributed by atoms with Crippen molar-refractivity contribution in [1.29, 1.82) is 0 Å². The van der Waals surface area contributed by atoms with Gasteiger partial charge in [-0.1, -0.05) is 25.7 Å². The molecule has 1 aliphatic heterocycles. The predicted octanol–water partition coefficient (Wildman–Crippen LogP) is 4.73. The summed E-state index contributed by atoms with van der Waals surface area (Å²) < 4.78 is 46.2. The topological polar surface area (TPSA) is 200 Å². The lowest BCUT2D eigenvalue weighted by Gasteiger charge is -2.37. The van der Waals surface area contributed by atoms with E-state index < -0.39 is 63.2 Å². The van der Waals surface area contributed by atoms with Crippen molar-refractivity contribution in [2.24, 2.45) is 5.92 Å². The number of hydrogen-bond acceptors (Lipinski definition) is 11. The molecule has 2 saturated carbocycles. The zero-order chi connectivity index (χ0) is 37.0. The maximum atomic E-state index is 16.1. The summed E-state index contributed by atoms with van der Waals surface area (Å²) in [6, 6.07) is 0.511. The Labute approximate surface area is 297 Å². The number of anilines is 1. The van der Waals surface area contributed by atoms with Crippen molar-refractivity contribution in [3.05, 3.63) is 33.9 Å². The minimum atomic E-state index is -5.24. The molecule has 1 aromatic heterocycles. The fraction of sp³-hybridized carbons (Fsp3) is 0.667. The fourth-order valence-corrected chi connectivity index (χ4v) is 9.59. The highest BCUT2D eigenvalue weighted by atomic mass is 31.2. The van der Waals surface area contributed by atoms with Crippen molar-refractivity contribution >= 4 is 44.6 Å². The fourth-order valence-electron chi connectivity index (χ4n) is 7.40. The maximum Gasteiger partial charge on any atom is 0.414 e. The summed E-state index contributed by atoms with van der Waals surface area (Å²) in [5, 5.41) is 3.39. The molecule has 284 valence electrons. The van der Waals surface area contributed by atoms with Crippen LogP contribution >= 0.6 is 16.0 Å². The number of ether oxygens (including phenoxy) is 3. The van der Waals surface area contributed by atoms with E-state index in [0.717, 1.165) is 51.1 Å². The Hall–Kier alpha value is -2.84. The maximum absolute atomic E-state index is 16.1. The number of methoxy groups -OCH3 is 1. The number of hydrogen-bond donors (Lipinski definition) is 5. The third kappa shape index (κ3) is 8.87. The molecule has 5 N–H and O–H groups in total. The van der Waals surface area contributed by atoms with Gasteiger partial charge in [-0.05, 0) is 70.9 Å². The van der Waals surface area contributed by atoms with Crippen LogP contribution in [0.3, 0.4) is 0 Å². The van der Waals surface area contributed by atoms with Crippen LogP contribution in [-0.2, 0) is 14.0 Å². The minimum Gasteiger partial charge on any atom is -0.492 e. The van der Waals surface area contributed by atoms with Crippen molar-refractivity contribution in [1.82, 2.24) is 14.8 Å². The second kappa shape index (κ2) is 16.9. The summed E-state index contributed by atoms with van der Waals surface area (Å²) in [5.41, 5.74) is -2.90. The molecule has 1 saturated heterocycles. The highest BCUT2D eigenvalue weighted by Crippen LogP contribution is 2.57. The number of aromatic nitrogens is 1. The molecule has 1 amide bonds. The normalized spacial score (nSPS) is 20.9. The van der Waals surface area contributed by atoms with E-state index in [1.54, 1.807) is 4.57 Å². The number of benzene rings is 1. The van der Waals surface area contributed by atoms with Crippen LogP contribution in [-0.4, -0.2) is 92.2 Å². The smallest absolute Gasteiger partial charge is 0.414 e. The van der Waals surface area contributed by atoms with Gasteiger partial charge in [-0.25, -0.2) is 14.0 Å². The lowest BCUT2D eigenvalue weighted by Crippen LogP contribution is -2.46. The molecule has 1 aromatic carbocycles. The monoisotopic (exact) mass is 758 g/mol. The largest absolute Gasteiger partial charge is 0.492 e. The molecule has 0 radical (unpaired) electrons. The summed E-state index contributed by atoms with van der Waals surface area (Å²) in [5.74, 6) is -1.39. The van der Waals surface area contributed by atoms with Crippen LogP contribution in [0.2, 0.25) is 0 Å². The third-order valence-corrected chi connectivity index (χ3v) is 13.2. The number of pyridine rings is 1. The number of rotatable bonds is 13. The summed E-state index contributed by atoms with van der Waals surface area (Å²) in [6.07, 6.45) is 7.17. The molecule has 2 aromatic rings. The molecule has 5 rings (SSSR count). The molecule has 51 heavy (non-hydrogen) atoms. The Morgan fingerprint density at radius 3 is 2.35 bits per heavy atom. The highest BCUT2D eigenvalue weighted by Gasteiger charge is 2.47. The summed E-state index contributed by atoms with van der Waals surface area (Å²) in [6.45, 7) is 5.00. The Bertz CT molecular complexity index is 1680. The number of nitrogens with one attached hydrogen (secondary N) is 1. The molecule has 2 aliphatic carbocycles. The number of piperidine rings is 1. The first-order chi connectivity index (χ1) is 24.3. The molecule has 3 fully saturated rings. The van der Waals surface area contributed by atoms with Crippen molar-refractivity contribution in [2.75, 3.05) is 38.4 Å². The Kier molecular flexibility index (Phi) is 13.0. The van der Waals surface area contributed by atoms with E-state index in [0.29, 0.717) is 49.2 Å². The molecular weight excluding hydrogens is 709 g/mol. The second-order valence-corrected chi connectivity index (χ2v) is 16.8. The van der Waals surface area contributed by atoms with Gasteiger partial charge in [-0.2, -0.15) is 0 Å². The van der Waals surface area contributed by atoms with Crippen LogP contribution in [0.1, 0.15) is 94.5 Å². The van der Waals surface area contributed by atoms with E-state index in [1.807, 2.05) is 11.8 Å². The van der Waals surface area contributed by atoms with Crippen LogP contribution < -0.4 is 20.4 Å². The number of halogens is 1. The molecular formula is C33H49FN4O11P2. The van der Waals surface area contributed by atoms with Gasteiger partial charge in [-0.15, -0.1) is 0 Å². The zero-order valence-corrected chi connectivity index (χ0v) is 31.0. The van der Waals surface area contributed by atoms with Gasteiger partial charge in [0.15, 0.2) is 11.6 Å². The molecule has 3 aliphatic rings. The molecule has 2 heterocycles. The van der Waals surface area contributed by atoms with Gasteiger partial charge in [0.2, 0.25) is 26.1 Å². The van der Waals surface area contributed by atoms with Gasteiger partial charge < -0.3 is 48.6 Å². The molecule has 3 atom stereocenters. The van der Waals surface area contributed by atoms with E-state index >= 15 is 4.39 Å². The number of esters is 1. The molecule has 18 heteroatoms. The van der Waals surface area contributed by atoms with Crippen LogP contribution in [0.5, 0.6) is 5.75 Å². The Morgan fingerprint density at radius 2 is 1.78 bits per heavy atom. The number of carbonyl (C=O) groups excluding carboxylic acids is 2. The third-order valence-electron chi connectivity index (χ3n) is 10.2. The summed E-state index contributed by atoms with van der Waals surface area (Å²) in [7, 11) is -7.13. The van der Waals surface area contributed by atoms with Gasteiger partial charge in [0, 0.05) is 37.4 Å². The van der Waals surface area contributed by atoms with Gasteiger partial charge in [-0.3, -0.25) is 14.3 Å². The number of nitrogens with zero attached hydrogens (tertiary/aromatic N) is 3. The van der Waals surface area contributed by atoms with E-state index in [4.69, 9.17) is 14.2 Å². The average Bonchev–Trinajstić information content (AvgIpc) is 3.94. The molecule has 3 unspecified atom stereocenters. The molecule has 0 spiro atoms. The van der Waals surface area contributed by atoms with E-state index in [1.165, 1.54) is 13.3 Å². The quantitative estimate of drug-likeness (QED) is 0.0814. The first kappa shape index (κ1) is 39.4. The number of fused-ring (bicyclic) bond motifs is 1. The SMILES string of the molecule is CCN(CC1CCCNC1C)c1c(F)cc2c(=O)c(C(=O)OCOC(=O)N(C3CCCCCC3)C(P(O)O)P(=O)(O)O)cn(C3CC3)c2c1OC. The molecule has 15 nitrogen and oxygen atoms in total. The van der Waals surface area contributed by atoms with E-state index in [2.05, 4.69) is 12.2 Å². The lowest BCUT2D eigenvalue weighted by atomic mass is 9.91.